The van der Waals surface area contributed by atoms with E-state index in [1.54, 1.807) is 12.1 Å². The first kappa shape index (κ1) is 14.2. The molecular weight excluding hydrogens is 234 g/mol. The molecule has 0 spiro atoms. The van der Waals surface area contributed by atoms with E-state index < -0.39 is 10.0 Å². The van der Waals surface area contributed by atoms with Crippen LogP contribution < -0.4 is 4.72 Å². The van der Waals surface area contributed by atoms with Gasteiger partial charge >= 0.3 is 0 Å². The van der Waals surface area contributed by atoms with Gasteiger partial charge in [0.25, 0.3) is 0 Å². The molecule has 1 rings (SSSR count). The summed E-state index contributed by atoms with van der Waals surface area (Å²) in [7, 11) is -1.87. The molecule has 0 aliphatic rings. The van der Waals surface area contributed by atoms with Crippen LogP contribution in [-0.4, -0.2) is 15.5 Å². The fourth-order valence-corrected chi connectivity index (χ4v) is 2.44. The zero-order valence-electron chi connectivity index (χ0n) is 10.6. The molecule has 0 heterocycles. The molecule has 0 aliphatic carbocycles. The Labute approximate surface area is 104 Å². The Morgan fingerprint density at radius 2 is 1.71 bits per heavy atom. The summed E-state index contributed by atoms with van der Waals surface area (Å²) in [6.45, 7) is 2.19. The Hall–Kier alpha value is -0.870. The summed E-state index contributed by atoms with van der Waals surface area (Å²) >= 11 is 0. The van der Waals surface area contributed by atoms with Gasteiger partial charge in [-0.05, 0) is 37.6 Å². The van der Waals surface area contributed by atoms with Crippen LogP contribution in [0.15, 0.2) is 29.2 Å². The second-order valence-corrected chi connectivity index (χ2v) is 6.05. The normalized spacial score (nSPS) is 11.6. The van der Waals surface area contributed by atoms with Gasteiger partial charge in [-0.15, -0.1) is 0 Å². The van der Waals surface area contributed by atoms with Crippen LogP contribution >= 0.6 is 0 Å². The Morgan fingerprint density at radius 3 is 2.24 bits per heavy atom. The zero-order valence-corrected chi connectivity index (χ0v) is 11.4. The van der Waals surface area contributed by atoms with Crippen LogP contribution in [0.3, 0.4) is 0 Å². The first-order chi connectivity index (χ1) is 8.10. The van der Waals surface area contributed by atoms with Crippen LogP contribution in [0.2, 0.25) is 0 Å². The van der Waals surface area contributed by atoms with Crippen molar-refractivity contribution in [3.63, 3.8) is 0 Å². The van der Waals surface area contributed by atoms with Crippen molar-refractivity contribution >= 4 is 10.0 Å². The van der Waals surface area contributed by atoms with E-state index in [0.717, 1.165) is 6.42 Å². The van der Waals surface area contributed by atoms with E-state index in [2.05, 4.69) is 11.6 Å². The van der Waals surface area contributed by atoms with Crippen molar-refractivity contribution in [2.75, 3.05) is 7.05 Å². The highest BCUT2D eigenvalue weighted by Crippen LogP contribution is 2.12. The van der Waals surface area contributed by atoms with Crippen LogP contribution in [0.4, 0.5) is 0 Å². The molecule has 0 amide bonds. The number of benzene rings is 1. The number of rotatable bonds is 7. The number of aryl methyl sites for hydroxylation is 1. The molecule has 0 fully saturated rings. The molecule has 4 heteroatoms. The van der Waals surface area contributed by atoms with Crippen LogP contribution in [0.5, 0.6) is 0 Å². The molecule has 0 atom stereocenters. The molecule has 0 unspecified atom stereocenters. The Morgan fingerprint density at radius 1 is 1.06 bits per heavy atom. The standard InChI is InChI=1S/C13H21NO2S/c1-3-4-5-6-7-12-8-10-13(11-9-12)17(15,16)14-2/h8-11,14H,3-7H2,1-2H3. The van der Waals surface area contributed by atoms with E-state index in [4.69, 9.17) is 0 Å². The molecule has 96 valence electrons. The van der Waals surface area contributed by atoms with Gasteiger partial charge in [-0.2, -0.15) is 0 Å². The molecule has 0 radical (unpaired) electrons. The largest absolute Gasteiger partial charge is 0.240 e. The van der Waals surface area contributed by atoms with E-state index in [-0.39, 0.29) is 0 Å². The summed E-state index contributed by atoms with van der Waals surface area (Å²) in [4.78, 5) is 0.331. The van der Waals surface area contributed by atoms with E-state index in [1.807, 2.05) is 12.1 Å². The van der Waals surface area contributed by atoms with Gasteiger partial charge in [0.15, 0.2) is 0 Å². The molecule has 1 aromatic rings. The fraction of sp³-hybridized carbons (Fsp3) is 0.538. The first-order valence-corrected chi connectivity index (χ1v) is 7.61. The van der Waals surface area contributed by atoms with Gasteiger partial charge in [-0.25, -0.2) is 13.1 Å². The van der Waals surface area contributed by atoms with E-state index in [1.165, 1.54) is 38.3 Å². The molecule has 17 heavy (non-hydrogen) atoms. The van der Waals surface area contributed by atoms with Crippen molar-refractivity contribution in [3.05, 3.63) is 29.8 Å². The summed E-state index contributed by atoms with van der Waals surface area (Å²) in [5, 5.41) is 0. The van der Waals surface area contributed by atoms with Gasteiger partial charge in [0.05, 0.1) is 4.90 Å². The molecule has 0 bridgehead atoms. The van der Waals surface area contributed by atoms with E-state index >= 15 is 0 Å². The van der Waals surface area contributed by atoms with Gasteiger partial charge in [0.2, 0.25) is 10.0 Å². The number of nitrogens with one attached hydrogen (secondary N) is 1. The number of sulfonamides is 1. The van der Waals surface area contributed by atoms with E-state index in [0.29, 0.717) is 4.90 Å². The summed E-state index contributed by atoms with van der Waals surface area (Å²) in [6.07, 6.45) is 5.95. The molecular formula is C13H21NO2S. The molecule has 0 aromatic heterocycles. The highest BCUT2D eigenvalue weighted by Gasteiger charge is 2.09. The van der Waals surface area contributed by atoms with Crippen LogP contribution in [0, 0.1) is 0 Å². The maximum Gasteiger partial charge on any atom is 0.240 e. The number of hydrogen-bond acceptors (Lipinski definition) is 2. The average Bonchev–Trinajstić information content (AvgIpc) is 2.35. The lowest BCUT2D eigenvalue weighted by Gasteiger charge is -2.04. The van der Waals surface area contributed by atoms with Crippen molar-refractivity contribution in [2.24, 2.45) is 0 Å². The number of hydrogen-bond donors (Lipinski definition) is 1. The van der Waals surface area contributed by atoms with Crippen molar-refractivity contribution in [2.45, 2.75) is 43.9 Å². The van der Waals surface area contributed by atoms with Gasteiger partial charge in [-0.1, -0.05) is 38.3 Å². The predicted octanol–water partition coefficient (Wildman–Crippen LogP) is 2.72. The highest BCUT2D eigenvalue weighted by molar-refractivity contribution is 7.89. The summed E-state index contributed by atoms with van der Waals surface area (Å²) in [5.74, 6) is 0. The maximum atomic E-state index is 11.5. The maximum absolute atomic E-state index is 11.5. The third kappa shape index (κ3) is 4.48. The van der Waals surface area contributed by atoms with Crippen LogP contribution in [0.1, 0.15) is 38.2 Å². The summed E-state index contributed by atoms with van der Waals surface area (Å²) in [5.41, 5.74) is 1.20. The zero-order chi connectivity index (χ0) is 12.7. The lowest BCUT2D eigenvalue weighted by Crippen LogP contribution is -2.18. The molecule has 0 aliphatic heterocycles. The molecule has 1 aromatic carbocycles. The summed E-state index contributed by atoms with van der Waals surface area (Å²) < 4.78 is 25.3. The van der Waals surface area contributed by atoms with Crippen LogP contribution in [-0.2, 0) is 16.4 Å². The minimum Gasteiger partial charge on any atom is -0.214 e. The molecule has 0 saturated heterocycles. The molecule has 3 nitrogen and oxygen atoms in total. The van der Waals surface area contributed by atoms with Crippen molar-refractivity contribution in [1.29, 1.82) is 0 Å². The molecule has 1 N–H and O–H groups in total. The smallest absolute Gasteiger partial charge is 0.214 e. The quantitative estimate of drug-likeness (QED) is 0.761. The van der Waals surface area contributed by atoms with Crippen molar-refractivity contribution < 1.29 is 8.42 Å². The van der Waals surface area contributed by atoms with Crippen LogP contribution in [0.25, 0.3) is 0 Å². The lowest BCUT2D eigenvalue weighted by molar-refractivity contribution is 0.588. The van der Waals surface area contributed by atoms with Crippen molar-refractivity contribution in [1.82, 2.24) is 4.72 Å². The minimum absolute atomic E-state index is 0.331. The predicted molar refractivity (Wildman–Crippen MR) is 70.5 cm³/mol. The topological polar surface area (TPSA) is 46.2 Å². The number of unbranched alkanes of at least 4 members (excludes halogenated alkanes) is 3. The Kier molecular flexibility index (Phi) is 5.65. The average molecular weight is 255 g/mol. The third-order valence-electron chi connectivity index (χ3n) is 2.82. The van der Waals surface area contributed by atoms with E-state index in [9.17, 15) is 8.42 Å². The fourth-order valence-electron chi connectivity index (χ4n) is 1.71. The monoisotopic (exact) mass is 255 g/mol. The first-order valence-electron chi connectivity index (χ1n) is 6.12. The van der Waals surface area contributed by atoms with Gasteiger partial charge in [0.1, 0.15) is 0 Å². The SMILES string of the molecule is CCCCCCc1ccc(S(=O)(=O)NC)cc1. The second kappa shape index (κ2) is 6.77. The van der Waals surface area contributed by atoms with Gasteiger partial charge < -0.3 is 0 Å². The summed E-state index contributed by atoms with van der Waals surface area (Å²) in [6, 6.07) is 7.13. The molecule has 0 saturated carbocycles. The minimum atomic E-state index is -3.29. The van der Waals surface area contributed by atoms with Gasteiger partial charge in [0, 0.05) is 0 Å². The Balaban J connectivity index is 2.57. The highest BCUT2D eigenvalue weighted by atomic mass is 32.2. The lowest BCUT2D eigenvalue weighted by atomic mass is 10.1. The van der Waals surface area contributed by atoms with Crippen molar-refractivity contribution in [3.8, 4) is 0 Å². The van der Waals surface area contributed by atoms with Gasteiger partial charge in [-0.3, -0.25) is 0 Å². The Bertz CT molecular complexity index is 423. The second-order valence-electron chi connectivity index (χ2n) is 4.16. The third-order valence-corrected chi connectivity index (χ3v) is 4.25.